The summed E-state index contributed by atoms with van der Waals surface area (Å²) < 4.78 is 5.74. The highest BCUT2D eigenvalue weighted by molar-refractivity contribution is 5.81. The third kappa shape index (κ3) is 2.94. The first kappa shape index (κ1) is 11.9. The Kier molecular flexibility index (Phi) is 3.58. The number of rotatable bonds is 3. The van der Waals surface area contributed by atoms with Gasteiger partial charge in [0.1, 0.15) is 11.9 Å². The highest BCUT2D eigenvalue weighted by atomic mass is 16.5. The molecule has 1 aromatic heterocycles. The van der Waals surface area contributed by atoms with Crippen LogP contribution >= 0.6 is 0 Å². The fourth-order valence-electron chi connectivity index (χ4n) is 1.92. The molecule has 1 aliphatic rings. The number of likely N-dealkylation sites (tertiary alicyclic amines) is 1. The number of ether oxygens (including phenoxy) is 1. The summed E-state index contributed by atoms with van der Waals surface area (Å²) in [7, 11) is 0. The molecule has 2 N–H and O–H groups in total. The summed E-state index contributed by atoms with van der Waals surface area (Å²) in [6, 6.07) is 3.25. The topological polar surface area (TPSA) is 68.5 Å². The molecule has 0 radical (unpaired) electrons. The van der Waals surface area contributed by atoms with E-state index in [1.54, 1.807) is 24.2 Å². The maximum absolute atomic E-state index is 11.7. The number of nitrogens with two attached hydrogens (primary N) is 1. The number of carbonyl (C=O) groups is 1. The number of pyridine rings is 1. The van der Waals surface area contributed by atoms with E-state index in [0.717, 1.165) is 12.2 Å². The molecule has 0 aromatic carbocycles. The van der Waals surface area contributed by atoms with Gasteiger partial charge >= 0.3 is 0 Å². The van der Waals surface area contributed by atoms with Crippen LogP contribution in [-0.4, -0.2) is 41.0 Å². The van der Waals surface area contributed by atoms with Gasteiger partial charge in [-0.05, 0) is 19.1 Å². The quantitative estimate of drug-likeness (QED) is 0.823. The minimum atomic E-state index is -0.438. The molecule has 1 amide bonds. The molecule has 5 nitrogen and oxygen atoms in total. The van der Waals surface area contributed by atoms with Crippen molar-refractivity contribution < 1.29 is 9.53 Å². The maximum atomic E-state index is 11.7. The zero-order chi connectivity index (χ0) is 12.3. The molecule has 2 rings (SSSR count). The molecule has 17 heavy (non-hydrogen) atoms. The summed E-state index contributed by atoms with van der Waals surface area (Å²) in [5, 5.41) is 0. The molecular weight excluding hydrogens is 218 g/mol. The van der Waals surface area contributed by atoms with Crippen LogP contribution in [-0.2, 0) is 4.79 Å². The molecule has 1 saturated heterocycles. The lowest BCUT2D eigenvalue weighted by Crippen LogP contribution is -2.41. The molecular formula is C12H17N3O2. The van der Waals surface area contributed by atoms with Gasteiger partial charge in [0.25, 0.3) is 0 Å². The molecule has 1 aliphatic heterocycles. The summed E-state index contributed by atoms with van der Waals surface area (Å²) in [5.41, 5.74) is 5.57. The van der Waals surface area contributed by atoms with E-state index in [1.165, 1.54) is 0 Å². The van der Waals surface area contributed by atoms with Gasteiger partial charge < -0.3 is 15.4 Å². The molecule has 0 bridgehead atoms. The lowest BCUT2D eigenvalue weighted by atomic mass is 10.3. The Balaban J connectivity index is 1.88. The van der Waals surface area contributed by atoms with Crippen molar-refractivity contribution in [1.82, 2.24) is 9.88 Å². The average molecular weight is 235 g/mol. The van der Waals surface area contributed by atoms with Gasteiger partial charge in [0, 0.05) is 19.2 Å². The Labute approximate surface area is 101 Å². The van der Waals surface area contributed by atoms with E-state index in [9.17, 15) is 4.79 Å². The Morgan fingerprint density at radius 1 is 1.71 bits per heavy atom. The first-order valence-corrected chi connectivity index (χ1v) is 5.78. The van der Waals surface area contributed by atoms with Gasteiger partial charge in [-0.25, -0.2) is 0 Å². The van der Waals surface area contributed by atoms with Crippen LogP contribution in [0.1, 0.15) is 13.3 Å². The van der Waals surface area contributed by atoms with E-state index in [0.29, 0.717) is 13.1 Å². The fourth-order valence-corrected chi connectivity index (χ4v) is 1.92. The summed E-state index contributed by atoms with van der Waals surface area (Å²) >= 11 is 0. The van der Waals surface area contributed by atoms with Crippen LogP contribution in [0.5, 0.6) is 5.75 Å². The standard InChI is InChI=1S/C12H17N3O2/c1-9(13)12(16)15-6-4-11(8-15)17-10-3-2-5-14-7-10/h2-3,5,7,9,11H,4,6,8,13H2,1H3/t9-,11+/m1/s1. The van der Waals surface area contributed by atoms with Crippen LogP contribution in [0, 0.1) is 0 Å². The molecule has 0 spiro atoms. The molecule has 5 heteroatoms. The zero-order valence-electron chi connectivity index (χ0n) is 9.87. The van der Waals surface area contributed by atoms with Crippen molar-refractivity contribution in [2.75, 3.05) is 13.1 Å². The van der Waals surface area contributed by atoms with Crippen LogP contribution in [0.3, 0.4) is 0 Å². The molecule has 0 unspecified atom stereocenters. The summed E-state index contributed by atoms with van der Waals surface area (Å²) in [6.07, 6.45) is 4.26. The second-order valence-corrected chi connectivity index (χ2v) is 4.29. The predicted molar refractivity (Wildman–Crippen MR) is 63.5 cm³/mol. The highest BCUT2D eigenvalue weighted by Crippen LogP contribution is 2.17. The van der Waals surface area contributed by atoms with Crippen molar-refractivity contribution in [2.24, 2.45) is 5.73 Å². The lowest BCUT2D eigenvalue weighted by Gasteiger charge is -2.18. The third-order valence-corrected chi connectivity index (χ3v) is 2.78. The van der Waals surface area contributed by atoms with Crippen molar-refractivity contribution in [3.05, 3.63) is 24.5 Å². The SMILES string of the molecule is C[C@@H](N)C(=O)N1CC[C@H](Oc2cccnc2)C1. The number of carbonyl (C=O) groups excluding carboxylic acids is 1. The molecule has 1 fully saturated rings. The lowest BCUT2D eigenvalue weighted by molar-refractivity contribution is -0.131. The van der Waals surface area contributed by atoms with E-state index in [1.807, 2.05) is 12.1 Å². The van der Waals surface area contributed by atoms with Gasteiger partial charge in [-0.1, -0.05) is 0 Å². The maximum Gasteiger partial charge on any atom is 0.239 e. The number of hydrogen-bond acceptors (Lipinski definition) is 4. The van der Waals surface area contributed by atoms with Crippen molar-refractivity contribution in [3.8, 4) is 5.75 Å². The molecule has 2 atom stereocenters. The molecule has 0 saturated carbocycles. The van der Waals surface area contributed by atoms with Crippen molar-refractivity contribution in [3.63, 3.8) is 0 Å². The molecule has 2 heterocycles. The second kappa shape index (κ2) is 5.14. The predicted octanol–water partition coefficient (Wildman–Crippen LogP) is 0.408. The Bertz CT molecular complexity index is 381. The minimum Gasteiger partial charge on any atom is -0.487 e. The first-order chi connectivity index (χ1) is 8.16. The average Bonchev–Trinajstić information content (AvgIpc) is 2.77. The van der Waals surface area contributed by atoms with E-state index in [2.05, 4.69) is 4.98 Å². The van der Waals surface area contributed by atoms with E-state index < -0.39 is 6.04 Å². The van der Waals surface area contributed by atoms with Gasteiger partial charge in [-0.15, -0.1) is 0 Å². The van der Waals surface area contributed by atoms with Crippen molar-refractivity contribution in [2.45, 2.75) is 25.5 Å². The summed E-state index contributed by atoms with van der Waals surface area (Å²) in [4.78, 5) is 17.4. The molecule has 1 aromatic rings. The Morgan fingerprint density at radius 2 is 2.53 bits per heavy atom. The van der Waals surface area contributed by atoms with Crippen LogP contribution < -0.4 is 10.5 Å². The number of amides is 1. The van der Waals surface area contributed by atoms with Crippen LogP contribution in [0.15, 0.2) is 24.5 Å². The smallest absolute Gasteiger partial charge is 0.239 e. The van der Waals surface area contributed by atoms with Gasteiger partial charge in [-0.3, -0.25) is 9.78 Å². The number of hydrogen-bond donors (Lipinski definition) is 1. The van der Waals surface area contributed by atoms with E-state index in [4.69, 9.17) is 10.5 Å². The number of nitrogens with zero attached hydrogens (tertiary/aromatic N) is 2. The van der Waals surface area contributed by atoms with Gasteiger partial charge in [0.05, 0.1) is 18.8 Å². The van der Waals surface area contributed by atoms with Crippen molar-refractivity contribution in [1.29, 1.82) is 0 Å². The normalized spacial score (nSPS) is 21.3. The fraction of sp³-hybridized carbons (Fsp3) is 0.500. The third-order valence-electron chi connectivity index (χ3n) is 2.78. The number of aromatic nitrogens is 1. The summed E-state index contributed by atoms with van der Waals surface area (Å²) in [6.45, 7) is 3.03. The Hall–Kier alpha value is -1.62. The van der Waals surface area contributed by atoms with Gasteiger partial charge in [0.15, 0.2) is 0 Å². The second-order valence-electron chi connectivity index (χ2n) is 4.29. The zero-order valence-corrected chi connectivity index (χ0v) is 9.87. The van der Waals surface area contributed by atoms with Crippen molar-refractivity contribution >= 4 is 5.91 Å². The monoisotopic (exact) mass is 235 g/mol. The highest BCUT2D eigenvalue weighted by Gasteiger charge is 2.28. The largest absolute Gasteiger partial charge is 0.487 e. The summed E-state index contributed by atoms with van der Waals surface area (Å²) in [5.74, 6) is 0.731. The van der Waals surface area contributed by atoms with Gasteiger partial charge in [-0.2, -0.15) is 0 Å². The minimum absolute atomic E-state index is 0.0118. The molecule has 0 aliphatic carbocycles. The molecule has 92 valence electrons. The van der Waals surface area contributed by atoms with Crippen LogP contribution in [0.25, 0.3) is 0 Å². The Morgan fingerprint density at radius 3 is 3.18 bits per heavy atom. The van der Waals surface area contributed by atoms with Crippen LogP contribution in [0.4, 0.5) is 0 Å². The first-order valence-electron chi connectivity index (χ1n) is 5.78. The van der Waals surface area contributed by atoms with Crippen LogP contribution in [0.2, 0.25) is 0 Å². The van der Waals surface area contributed by atoms with Gasteiger partial charge in [0.2, 0.25) is 5.91 Å². The van der Waals surface area contributed by atoms with E-state index in [-0.39, 0.29) is 12.0 Å². The van der Waals surface area contributed by atoms with E-state index >= 15 is 0 Å².